The summed E-state index contributed by atoms with van der Waals surface area (Å²) in [7, 11) is 0. The number of amides is 1. The van der Waals surface area contributed by atoms with Crippen molar-refractivity contribution < 1.29 is 9.53 Å². The Morgan fingerprint density at radius 2 is 1.93 bits per heavy atom. The van der Waals surface area contributed by atoms with E-state index >= 15 is 0 Å². The van der Waals surface area contributed by atoms with Gasteiger partial charge in [-0.1, -0.05) is 18.2 Å². The lowest BCUT2D eigenvalue weighted by Crippen LogP contribution is -2.45. The van der Waals surface area contributed by atoms with E-state index in [2.05, 4.69) is 24.3 Å². The SMILES string of the molecule is CC1(C)CC(NC(=O)c2cnn(-c3ccccc3)c2-n2cccc2)CCO1. The summed E-state index contributed by atoms with van der Waals surface area (Å²) in [5.41, 5.74) is 1.25. The first-order valence-corrected chi connectivity index (χ1v) is 9.25. The number of nitrogens with one attached hydrogen (secondary N) is 1. The Morgan fingerprint density at radius 3 is 2.63 bits per heavy atom. The Labute approximate surface area is 158 Å². The third kappa shape index (κ3) is 3.66. The quantitative estimate of drug-likeness (QED) is 0.772. The summed E-state index contributed by atoms with van der Waals surface area (Å²) in [6.07, 6.45) is 7.10. The van der Waals surface area contributed by atoms with Gasteiger partial charge in [-0.25, -0.2) is 4.68 Å². The smallest absolute Gasteiger partial charge is 0.256 e. The van der Waals surface area contributed by atoms with Crippen LogP contribution in [-0.2, 0) is 4.74 Å². The lowest BCUT2D eigenvalue weighted by Gasteiger charge is -2.35. The first-order valence-electron chi connectivity index (χ1n) is 9.25. The van der Waals surface area contributed by atoms with Gasteiger partial charge in [0.2, 0.25) is 0 Å². The average Bonchev–Trinajstić information content (AvgIpc) is 3.31. The highest BCUT2D eigenvalue weighted by Gasteiger charge is 2.31. The standard InChI is InChI=1S/C21H24N4O2/c1-21(2)14-16(10-13-27-21)23-19(26)18-15-22-25(17-8-4-3-5-9-17)20(18)24-11-6-7-12-24/h3-9,11-12,15-16H,10,13-14H2,1-2H3,(H,23,26). The van der Waals surface area contributed by atoms with E-state index in [1.165, 1.54) is 0 Å². The molecule has 6 nitrogen and oxygen atoms in total. The molecule has 0 saturated carbocycles. The van der Waals surface area contributed by atoms with Crippen LogP contribution in [0.15, 0.2) is 61.1 Å². The van der Waals surface area contributed by atoms with E-state index in [4.69, 9.17) is 4.74 Å². The summed E-state index contributed by atoms with van der Waals surface area (Å²) in [5, 5.41) is 7.67. The summed E-state index contributed by atoms with van der Waals surface area (Å²) in [6.45, 7) is 4.78. The van der Waals surface area contributed by atoms with Gasteiger partial charge in [0.25, 0.3) is 5.91 Å². The molecule has 3 aromatic rings. The van der Waals surface area contributed by atoms with Crippen LogP contribution in [0.25, 0.3) is 11.5 Å². The molecule has 3 heterocycles. The van der Waals surface area contributed by atoms with E-state index in [1.54, 1.807) is 10.9 Å². The van der Waals surface area contributed by atoms with Crippen molar-refractivity contribution in [3.8, 4) is 11.5 Å². The minimum atomic E-state index is -0.215. The number of ether oxygens (including phenoxy) is 1. The number of nitrogens with zero attached hydrogens (tertiary/aromatic N) is 3. The Hall–Kier alpha value is -2.86. The lowest BCUT2D eigenvalue weighted by molar-refractivity contribution is -0.0615. The van der Waals surface area contributed by atoms with Gasteiger partial charge in [0, 0.05) is 25.0 Å². The first-order chi connectivity index (χ1) is 13.0. The topological polar surface area (TPSA) is 61.1 Å². The number of hydrogen-bond donors (Lipinski definition) is 1. The van der Waals surface area contributed by atoms with Gasteiger partial charge in [0.15, 0.2) is 5.82 Å². The monoisotopic (exact) mass is 364 g/mol. The maximum absolute atomic E-state index is 13.1. The van der Waals surface area contributed by atoms with Crippen LogP contribution in [0.3, 0.4) is 0 Å². The normalized spacial score (nSPS) is 19.0. The van der Waals surface area contributed by atoms with Gasteiger partial charge in [-0.05, 0) is 51.0 Å². The van der Waals surface area contributed by atoms with Crippen LogP contribution in [0, 0.1) is 0 Å². The molecular weight excluding hydrogens is 340 g/mol. The molecule has 1 atom stereocenters. The average molecular weight is 364 g/mol. The number of rotatable bonds is 4. The zero-order valence-electron chi connectivity index (χ0n) is 15.6. The van der Waals surface area contributed by atoms with Crippen LogP contribution in [-0.4, -0.2) is 38.5 Å². The van der Waals surface area contributed by atoms with Gasteiger partial charge in [-0.2, -0.15) is 5.10 Å². The minimum absolute atomic E-state index is 0.0961. The van der Waals surface area contributed by atoms with Gasteiger partial charge in [-0.3, -0.25) is 4.79 Å². The van der Waals surface area contributed by atoms with Crippen LogP contribution in [0.1, 0.15) is 37.0 Å². The van der Waals surface area contributed by atoms with E-state index in [0.717, 1.165) is 24.3 Å². The molecule has 27 heavy (non-hydrogen) atoms. The fourth-order valence-corrected chi connectivity index (χ4v) is 3.60. The summed E-state index contributed by atoms with van der Waals surface area (Å²) in [6, 6.07) is 13.8. The summed E-state index contributed by atoms with van der Waals surface area (Å²) in [5.74, 6) is 0.624. The van der Waals surface area contributed by atoms with Gasteiger partial charge < -0.3 is 14.6 Å². The molecule has 1 unspecified atom stereocenters. The van der Waals surface area contributed by atoms with Crippen molar-refractivity contribution in [1.29, 1.82) is 0 Å². The van der Waals surface area contributed by atoms with E-state index in [9.17, 15) is 4.79 Å². The molecular formula is C21H24N4O2. The number of para-hydroxylation sites is 1. The van der Waals surface area contributed by atoms with Crippen LogP contribution < -0.4 is 5.32 Å². The van der Waals surface area contributed by atoms with E-state index < -0.39 is 0 Å². The van der Waals surface area contributed by atoms with Gasteiger partial charge in [0.1, 0.15) is 5.56 Å². The van der Waals surface area contributed by atoms with Gasteiger partial charge >= 0.3 is 0 Å². The van der Waals surface area contributed by atoms with Crippen molar-refractivity contribution >= 4 is 5.91 Å². The van der Waals surface area contributed by atoms with Crippen molar-refractivity contribution in [2.24, 2.45) is 0 Å². The summed E-state index contributed by atoms with van der Waals surface area (Å²) >= 11 is 0. The van der Waals surface area contributed by atoms with Crippen molar-refractivity contribution in [2.75, 3.05) is 6.61 Å². The molecule has 0 aliphatic carbocycles. The third-order valence-electron chi connectivity index (χ3n) is 4.87. The third-order valence-corrected chi connectivity index (χ3v) is 4.87. The molecule has 1 aromatic carbocycles. The highest BCUT2D eigenvalue weighted by atomic mass is 16.5. The molecule has 1 aliphatic heterocycles. The molecule has 140 valence electrons. The molecule has 1 aliphatic rings. The number of hydrogen-bond acceptors (Lipinski definition) is 3. The molecule has 1 fully saturated rings. The molecule has 0 spiro atoms. The van der Waals surface area contributed by atoms with Crippen LogP contribution in [0.2, 0.25) is 0 Å². The Balaban J connectivity index is 1.67. The second-order valence-corrected chi connectivity index (χ2v) is 7.49. The molecule has 1 saturated heterocycles. The van der Waals surface area contributed by atoms with Crippen LogP contribution in [0.4, 0.5) is 0 Å². The molecule has 0 radical (unpaired) electrons. The molecule has 1 N–H and O–H groups in total. The highest BCUT2D eigenvalue weighted by Crippen LogP contribution is 2.25. The minimum Gasteiger partial charge on any atom is -0.375 e. The van der Waals surface area contributed by atoms with Gasteiger partial charge in [-0.15, -0.1) is 0 Å². The molecule has 0 bridgehead atoms. The van der Waals surface area contributed by atoms with Crippen molar-refractivity contribution in [3.63, 3.8) is 0 Å². The summed E-state index contributed by atoms with van der Waals surface area (Å²) in [4.78, 5) is 13.1. The lowest BCUT2D eigenvalue weighted by atomic mass is 9.94. The van der Waals surface area contributed by atoms with Crippen LogP contribution in [0.5, 0.6) is 0 Å². The molecule has 1 amide bonds. The fraction of sp³-hybridized carbons (Fsp3) is 0.333. The predicted molar refractivity (Wildman–Crippen MR) is 103 cm³/mol. The van der Waals surface area contributed by atoms with Crippen LogP contribution >= 0.6 is 0 Å². The molecule has 2 aromatic heterocycles. The Kier molecular flexibility index (Phi) is 4.58. The largest absolute Gasteiger partial charge is 0.375 e. The Morgan fingerprint density at radius 1 is 1.19 bits per heavy atom. The first kappa shape index (κ1) is 17.5. The highest BCUT2D eigenvalue weighted by molar-refractivity contribution is 5.97. The number of carbonyl (C=O) groups excluding carboxylic acids is 1. The number of benzene rings is 1. The summed E-state index contributed by atoms with van der Waals surface area (Å²) < 4.78 is 9.47. The maximum atomic E-state index is 13.1. The maximum Gasteiger partial charge on any atom is 0.256 e. The van der Waals surface area contributed by atoms with E-state index in [0.29, 0.717) is 12.2 Å². The zero-order valence-corrected chi connectivity index (χ0v) is 15.6. The zero-order chi connectivity index (χ0) is 18.9. The number of carbonyl (C=O) groups is 1. The predicted octanol–water partition coefficient (Wildman–Crippen LogP) is 3.35. The Bertz CT molecular complexity index is 913. The van der Waals surface area contributed by atoms with Gasteiger partial charge in [0.05, 0.1) is 17.5 Å². The second-order valence-electron chi connectivity index (χ2n) is 7.49. The van der Waals surface area contributed by atoms with E-state index in [1.807, 2.05) is 59.4 Å². The second kappa shape index (κ2) is 7.04. The number of aromatic nitrogens is 3. The van der Waals surface area contributed by atoms with Crippen molar-refractivity contribution in [2.45, 2.75) is 38.3 Å². The van der Waals surface area contributed by atoms with Crippen molar-refractivity contribution in [1.82, 2.24) is 19.7 Å². The molecule has 4 rings (SSSR count). The van der Waals surface area contributed by atoms with E-state index in [-0.39, 0.29) is 17.6 Å². The van der Waals surface area contributed by atoms with Crippen molar-refractivity contribution in [3.05, 3.63) is 66.6 Å². The fourth-order valence-electron chi connectivity index (χ4n) is 3.60. The molecule has 6 heteroatoms.